The van der Waals surface area contributed by atoms with E-state index in [-0.39, 0.29) is 29.8 Å². The Morgan fingerprint density at radius 2 is 1.93 bits per heavy atom. The Morgan fingerprint density at radius 1 is 1.17 bits per heavy atom. The van der Waals surface area contributed by atoms with Gasteiger partial charge in [-0.05, 0) is 42.9 Å². The van der Waals surface area contributed by atoms with Crippen molar-refractivity contribution in [1.29, 1.82) is 0 Å². The summed E-state index contributed by atoms with van der Waals surface area (Å²) in [5.41, 5.74) is 2.89. The minimum absolute atomic E-state index is 0.140. The van der Waals surface area contributed by atoms with Crippen LogP contribution in [-0.2, 0) is 0 Å². The third-order valence-electron chi connectivity index (χ3n) is 6.23. The first-order chi connectivity index (χ1) is 14.6. The molecule has 154 valence electrons. The second-order valence-electron chi connectivity index (χ2n) is 7.98. The van der Waals surface area contributed by atoms with Crippen molar-refractivity contribution in [3.05, 3.63) is 82.7 Å². The minimum atomic E-state index is -0.715. The first-order valence-corrected chi connectivity index (χ1v) is 10.1. The van der Waals surface area contributed by atoms with Crippen LogP contribution >= 0.6 is 0 Å². The predicted octanol–water partition coefficient (Wildman–Crippen LogP) is 3.98. The summed E-state index contributed by atoms with van der Waals surface area (Å²) in [5, 5.41) is 17.1. The molecule has 7 heteroatoms. The first-order valence-electron chi connectivity index (χ1n) is 10.1. The van der Waals surface area contributed by atoms with Gasteiger partial charge < -0.3 is 10.4 Å². The van der Waals surface area contributed by atoms with Crippen molar-refractivity contribution in [3.8, 4) is 5.69 Å². The number of aliphatic hydroxyl groups is 1. The molecule has 2 aliphatic carbocycles. The number of aliphatic hydroxyl groups excluding tert-OH is 1. The molecular weight excluding hydrogens is 388 g/mol. The van der Waals surface area contributed by atoms with E-state index in [0.717, 1.165) is 42.1 Å². The zero-order valence-electron chi connectivity index (χ0n) is 16.2. The minimum Gasteiger partial charge on any atom is -0.394 e. The van der Waals surface area contributed by atoms with Crippen molar-refractivity contribution in [2.45, 2.75) is 37.1 Å². The molecule has 2 unspecified atom stereocenters. The van der Waals surface area contributed by atoms with Crippen LogP contribution in [0, 0.1) is 11.6 Å². The van der Waals surface area contributed by atoms with E-state index in [2.05, 4.69) is 10.4 Å². The summed E-state index contributed by atoms with van der Waals surface area (Å²) in [7, 11) is 0. The van der Waals surface area contributed by atoms with E-state index < -0.39 is 23.6 Å². The van der Waals surface area contributed by atoms with Crippen LogP contribution in [0.1, 0.15) is 64.4 Å². The van der Waals surface area contributed by atoms with Gasteiger partial charge in [0.25, 0.3) is 5.91 Å². The van der Waals surface area contributed by atoms with E-state index in [1.165, 1.54) is 16.8 Å². The molecule has 0 spiro atoms. The Balaban J connectivity index is 1.55. The largest absolute Gasteiger partial charge is 0.394 e. The summed E-state index contributed by atoms with van der Waals surface area (Å²) in [6.07, 6.45) is 2.85. The molecule has 3 aromatic rings. The van der Waals surface area contributed by atoms with Crippen LogP contribution in [0.2, 0.25) is 0 Å². The monoisotopic (exact) mass is 409 g/mol. The molecule has 3 atom stereocenters. The molecule has 1 fully saturated rings. The molecule has 1 amide bonds. The molecule has 5 rings (SSSR count). The van der Waals surface area contributed by atoms with Crippen molar-refractivity contribution in [2.75, 3.05) is 6.61 Å². The number of nitrogens with one attached hydrogen (secondary N) is 1. The van der Waals surface area contributed by atoms with Crippen LogP contribution in [0.25, 0.3) is 5.69 Å². The maximum Gasteiger partial charge on any atom is 0.272 e. The summed E-state index contributed by atoms with van der Waals surface area (Å²) >= 11 is 0. The number of aromatic nitrogens is 2. The van der Waals surface area contributed by atoms with Gasteiger partial charge in [-0.2, -0.15) is 5.10 Å². The average Bonchev–Trinajstić information content (AvgIpc) is 3.45. The SMILES string of the molecule is O=C(N[C@H](CO)c1ccccc1)c1nn(-c2ccc(F)cc2F)c2c1C1CCC2C1. The van der Waals surface area contributed by atoms with Crippen molar-refractivity contribution in [2.24, 2.45) is 0 Å². The highest BCUT2D eigenvalue weighted by molar-refractivity contribution is 5.95. The van der Waals surface area contributed by atoms with Gasteiger partial charge in [-0.25, -0.2) is 13.5 Å². The Bertz CT molecular complexity index is 1110. The van der Waals surface area contributed by atoms with Crippen molar-refractivity contribution in [3.63, 3.8) is 0 Å². The zero-order chi connectivity index (χ0) is 20.8. The van der Waals surface area contributed by atoms with Gasteiger partial charge in [0.2, 0.25) is 0 Å². The van der Waals surface area contributed by atoms with E-state index in [1.807, 2.05) is 30.3 Å². The van der Waals surface area contributed by atoms with E-state index in [1.54, 1.807) is 0 Å². The number of carbonyl (C=O) groups is 1. The number of nitrogens with zero attached hydrogens (tertiary/aromatic N) is 2. The molecule has 0 saturated heterocycles. The summed E-state index contributed by atoms with van der Waals surface area (Å²) in [6.45, 7) is -0.253. The number of carbonyl (C=O) groups excluding carboxylic acids is 1. The standard InChI is InChI=1S/C23H21F2N3O2/c24-16-8-9-19(17(25)11-16)28-22-15-7-6-14(10-15)20(22)21(27-28)23(30)26-18(12-29)13-4-2-1-3-5-13/h1-5,8-9,11,14-15,18,29H,6-7,10,12H2,(H,26,30)/t14?,15?,18-/m1/s1. The number of rotatable bonds is 5. The Morgan fingerprint density at radius 3 is 2.67 bits per heavy atom. The van der Waals surface area contributed by atoms with Crippen LogP contribution in [0.5, 0.6) is 0 Å². The molecule has 1 heterocycles. The second kappa shape index (κ2) is 7.32. The fraction of sp³-hybridized carbons (Fsp3) is 0.304. The van der Waals surface area contributed by atoms with Crippen LogP contribution in [0.4, 0.5) is 8.78 Å². The quantitative estimate of drug-likeness (QED) is 0.670. The second-order valence-corrected chi connectivity index (χ2v) is 7.98. The van der Waals surface area contributed by atoms with Crippen molar-refractivity contribution in [1.82, 2.24) is 15.1 Å². The Hall–Kier alpha value is -3.06. The van der Waals surface area contributed by atoms with E-state index in [4.69, 9.17) is 0 Å². The van der Waals surface area contributed by atoms with Gasteiger partial charge in [-0.1, -0.05) is 30.3 Å². The number of benzene rings is 2. The molecule has 30 heavy (non-hydrogen) atoms. The lowest BCUT2D eigenvalue weighted by molar-refractivity contribution is 0.0909. The smallest absolute Gasteiger partial charge is 0.272 e. The fourth-order valence-corrected chi connectivity index (χ4v) is 4.88. The topological polar surface area (TPSA) is 67.2 Å². The van der Waals surface area contributed by atoms with Crippen LogP contribution in [0.15, 0.2) is 48.5 Å². The molecular formula is C23H21F2N3O2. The van der Waals surface area contributed by atoms with Crippen LogP contribution in [-0.4, -0.2) is 27.4 Å². The Labute approximate surface area is 172 Å². The number of halogens is 2. The van der Waals surface area contributed by atoms with Crippen molar-refractivity contribution >= 4 is 5.91 Å². The molecule has 2 aliphatic rings. The molecule has 0 aliphatic heterocycles. The average molecular weight is 409 g/mol. The molecule has 1 aromatic heterocycles. The van der Waals surface area contributed by atoms with Gasteiger partial charge in [0.1, 0.15) is 11.5 Å². The van der Waals surface area contributed by atoms with E-state index in [0.29, 0.717) is 0 Å². The van der Waals surface area contributed by atoms with Gasteiger partial charge in [-0.3, -0.25) is 4.79 Å². The van der Waals surface area contributed by atoms with E-state index >= 15 is 0 Å². The summed E-state index contributed by atoms with van der Waals surface area (Å²) in [5.74, 6) is -1.35. The normalized spacial score (nSPS) is 20.2. The number of fused-ring (bicyclic) bond motifs is 5. The predicted molar refractivity (Wildman–Crippen MR) is 107 cm³/mol. The fourth-order valence-electron chi connectivity index (χ4n) is 4.88. The molecule has 2 bridgehead atoms. The summed E-state index contributed by atoms with van der Waals surface area (Å²) in [4.78, 5) is 13.2. The lowest BCUT2D eigenvalue weighted by Gasteiger charge is -2.17. The zero-order valence-corrected chi connectivity index (χ0v) is 16.2. The van der Waals surface area contributed by atoms with Gasteiger partial charge in [0.15, 0.2) is 11.5 Å². The van der Waals surface area contributed by atoms with Crippen LogP contribution < -0.4 is 5.32 Å². The third-order valence-corrected chi connectivity index (χ3v) is 6.23. The molecule has 2 aromatic carbocycles. The van der Waals surface area contributed by atoms with Gasteiger partial charge in [0, 0.05) is 17.5 Å². The van der Waals surface area contributed by atoms with Crippen molar-refractivity contribution < 1.29 is 18.7 Å². The molecule has 0 radical (unpaired) electrons. The lowest BCUT2D eigenvalue weighted by atomic mass is 9.95. The highest BCUT2D eigenvalue weighted by Crippen LogP contribution is 2.54. The lowest BCUT2D eigenvalue weighted by Crippen LogP contribution is -2.31. The maximum absolute atomic E-state index is 14.5. The Kier molecular flexibility index (Phi) is 4.62. The summed E-state index contributed by atoms with van der Waals surface area (Å²) in [6, 6.07) is 12.0. The number of hydrogen-bond acceptors (Lipinski definition) is 3. The van der Waals surface area contributed by atoms with Gasteiger partial charge in [-0.15, -0.1) is 0 Å². The highest BCUT2D eigenvalue weighted by atomic mass is 19.1. The highest BCUT2D eigenvalue weighted by Gasteiger charge is 2.44. The van der Waals surface area contributed by atoms with Gasteiger partial charge >= 0.3 is 0 Å². The van der Waals surface area contributed by atoms with Gasteiger partial charge in [0.05, 0.1) is 18.3 Å². The first kappa shape index (κ1) is 18.9. The number of hydrogen-bond donors (Lipinski definition) is 2. The third kappa shape index (κ3) is 3.01. The van der Waals surface area contributed by atoms with E-state index in [9.17, 15) is 18.7 Å². The molecule has 1 saturated carbocycles. The number of amides is 1. The molecule has 5 nitrogen and oxygen atoms in total. The molecule has 2 N–H and O–H groups in total. The summed E-state index contributed by atoms with van der Waals surface area (Å²) < 4.78 is 29.4. The maximum atomic E-state index is 14.5. The van der Waals surface area contributed by atoms with Crippen LogP contribution in [0.3, 0.4) is 0 Å².